The summed E-state index contributed by atoms with van der Waals surface area (Å²) in [4.78, 5) is 19.7. The molecule has 62 valence electrons. The highest BCUT2D eigenvalue weighted by atomic mass is 35.5. The van der Waals surface area contributed by atoms with Gasteiger partial charge in [-0.1, -0.05) is 0 Å². The van der Waals surface area contributed by atoms with Crippen molar-refractivity contribution in [3.05, 3.63) is 0 Å². The molecule has 5 heteroatoms. The van der Waals surface area contributed by atoms with Gasteiger partial charge >= 0.3 is 11.9 Å². The van der Waals surface area contributed by atoms with Crippen LogP contribution in [0.5, 0.6) is 0 Å². The molecule has 2 atom stereocenters. The van der Waals surface area contributed by atoms with E-state index < -0.39 is 22.7 Å². The number of halogens is 1. The van der Waals surface area contributed by atoms with E-state index in [1.54, 1.807) is 0 Å². The van der Waals surface area contributed by atoms with Crippen molar-refractivity contribution in [1.82, 2.24) is 0 Å². The minimum Gasteiger partial charge on any atom is -0.480 e. The Morgan fingerprint density at radius 3 is 2.55 bits per heavy atom. The monoisotopic (exact) mass is 178 g/mol. The van der Waals surface area contributed by atoms with E-state index in [4.69, 9.17) is 16.7 Å². The van der Waals surface area contributed by atoms with Gasteiger partial charge in [0.1, 0.15) is 0 Å². The number of carbonyl (C=O) groups is 2. The Morgan fingerprint density at radius 2 is 2.27 bits per heavy atom. The maximum absolute atomic E-state index is 10.7. The van der Waals surface area contributed by atoms with Crippen molar-refractivity contribution in [3.63, 3.8) is 0 Å². The van der Waals surface area contributed by atoms with Crippen LogP contribution < -0.4 is 0 Å². The SMILES string of the molecule is COC(=O)C1CC1(Cl)C(=O)O. The van der Waals surface area contributed by atoms with Crippen LogP contribution in [0.25, 0.3) is 0 Å². The molecule has 1 N–H and O–H groups in total. The predicted molar refractivity (Wildman–Crippen MR) is 36.3 cm³/mol. The number of hydrogen-bond donors (Lipinski definition) is 1. The number of ether oxygens (including phenoxy) is 1. The highest BCUT2D eigenvalue weighted by Crippen LogP contribution is 2.50. The van der Waals surface area contributed by atoms with Gasteiger partial charge in [0.2, 0.25) is 0 Å². The third kappa shape index (κ3) is 1.18. The second-order valence-corrected chi connectivity index (χ2v) is 3.12. The molecular weight excluding hydrogens is 172 g/mol. The molecule has 1 aliphatic carbocycles. The summed E-state index contributed by atoms with van der Waals surface area (Å²) in [7, 11) is 1.21. The van der Waals surface area contributed by atoms with E-state index in [2.05, 4.69) is 4.74 Å². The van der Waals surface area contributed by atoms with Crippen LogP contribution in [-0.4, -0.2) is 29.0 Å². The zero-order chi connectivity index (χ0) is 8.65. The average molecular weight is 179 g/mol. The van der Waals surface area contributed by atoms with Crippen molar-refractivity contribution in [2.75, 3.05) is 7.11 Å². The zero-order valence-corrected chi connectivity index (χ0v) is 6.59. The number of carbonyl (C=O) groups excluding carboxylic acids is 1. The van der Waals surface area contributed by atoms with Crippen LogP contribution in [0.4, 0.5) is 0 Å². The Kier molecular flexibility index (Phi) is 1.80. The van der Waals surface area contributed by atoms with E-state index in [1.165, 1.54) is 7.11 Å². The third-order valence-corrected chi connectivity index (χ3v) is 2.31. The first-order valence-electron chi connectivity index (χ1n) is 3.02. The van der Waals surface area contributed by atoms with E-state index in [1.807, 2.05) is 0 Å². The summed E-state index contributed by atoms with van der Waals surface area (Å²) in [6.07, 6.45) is 0.163. The van der Waals surface area contributed by atoms with Crippen LogP contribution in [0.2, 0.25) is 0 Å². The number of carboxylic acids is 1. The topological polar surface area (TPSA) is 63.6 Å². The molecule has 0 bridgehead atoms. The average Bonchev–Trinajstić information content (AvgIpc) is 2.63. The molecule has 0 heterocycles. The molecule has 1 aliphatic rings. The van der Waals surface area contributed by atoms with Gasteiger partial charge in [-0.2, -0.15) is 0 Å². The van der Waals surface area contributed by atoms with Crippen molar-refractivity contribution in [2.45, 2.75) is 11.3 Å². The predicted octanol–water partition coefficient (Wildman–Crippen LogP) is 0.241. The highest BCUT2D eigenvalue weighted by molar-refractivity contribution is 6.38. The molecule has 0 spiro atoms. The lowest BCUT2D eigenvalue weighted by Gasteiger charge is -1.99. The van der Waals surface area contributed by atoms with Gasteiger partial charge in [0.15, 0.2) is 4.87 Å². The first-order valence-corrected chi connectivity index (χ1v) is 3.40. The van der Waals surface area contributed by atoms with Gasteiger partial charge in [-0.3, -0.25) is 9.59 Å². The van der Waals surface area contributed by atoms with Gasteiger partial charge in [0.25, 0.3) is 0 Å². The fourth-order valence-electron chi connectivity index (χ4n) is 0.887. The van der Waals surface area contributed by atoms with Crippen LogP contribution in [0, 0.1) is 5.92 Å². The molecule has 0 aliphatic heterocycles. The van der Waals surface area contributed by atoms with E-state index in [9.17, 15) is 9.59 Å². The first kappa shape index (κ1) is 8.33. The molecule has 1 fully saturated rings. The summed E-state index contributed by atoms with van der Waals surface area (Å²) in [5, 5.41) is 8.49. The summed E-state index contributed by atoms with van der Waals surface area (Å²) in [5.74, 6) is -2.39. The lowest BCUT2D eigenvalue weighted by atomic mass is 10.3. The standard InChI is InChI=1S/C6H7ClO4/c1-11-4(8)3-2-6(3,7)5(9)10/h3H,2H2,1H3,(H,9,10). The van der Waals surface area contributed by atoms with Gasteiger partial charge in [0.05, 0.1) is 13.0 Å². The molecule has 4 nitrogen and oxygen atoms in total. The molecule has 1 rings (SSSR count). The Morgan fingerprint density at radius 1 is 1.73 bits per heavy atom. The summed E-state index contributed by atoms with van der Waals surface area (Å²) in [5.41, 5.74) is 0. The summed E-state index contributed by atoms with van der Waals surface area (Å²) in [6, 6.07) is 0. The fraction of sp³-hybridized carbons (Fsp3) is 0.667. The van der Waals surface area contributed by atoms with Gasteiger partial charge < -0.3 is 9.84 Å². The molecule has 0 aromatic rings. The lowest BCUT2D eigenvalue weighted by molar-refractivity contribution is -0.145. The van der Waals surface area contributed by atoms with Gasteiger partial charge in [-0.15, -0.1) is 11.6 Å². The van der Waals surface area contributed by atoms with E-state index in [0.29, 0.717) is 0 Å². The zero-order valence-electron chi connectivity index (χ0n) is 5.83. The molecule has 11 heavy (non-hydrogen) atoms. The molecule has 1 saturated carbocycles. The quantitative estimate of drug-likeness (QED) is 0.486. The van der Waals surface area contributed by atoms with Crippen molar-refractivity contribution in [3.8, 4) is 0 Å². The summed E-state index contributed by atoms with van der Waals surface area (Å²) >= 11 is 5.52. The van der Waals surface area contributed by atoms with Crippen LogP contribution >= 0.6 is 11.6 Å². The normalized spacial score (nSPS) is 34.5. The van der Waals surface area contributed by atoms with Crippen molar-refractivity contribution in [1.29, 1.82) is 0 Å². The molecule has 0 aromatic carbocycles. The highest BCUT2D eigenvalue weighted by Gasteiger charge is 2.64. The van der Waals surface area contributed by atoms with Crippen molar-refractivity contribution < 1.29 is 19.4 Å². The van der Waals surface area contributed by atoms with Crippen LogP contribution in [-0.2, 0) is 14.3 Å². The fourth-order valence-corrected chi connectivity index (χ4v) is 1.13. The Bertz CT molecular complexity index is 215. The maximum atomic E-state index is 10.7. The smallest absolute Gasteiger partial charge is 0.325 e. The lowest BCUT2D eigenvalue weighted by Crippen LogP contribution is -2.21. The van der Waals surface area contributed by atoms with E-state index in [-0.39, 0.29) is 6.42 Å². The van der Waals surface area contributed by atoms with Crippen LogP contribution in [0.1, 0.15) is 6.42 Å². The van der Waals surface area contributed by atoms with Crippen LogP contribution in [0.3, 0.4) is 0 Å². The minimum absolute atomic E-state index is 0.163. The number of aliphatic carboxylic acids is 1. The number of rotatable bonds is 2. The molecular formula is C6H7ClO4. The molecule has 0 radical (unpaired) electrons. The maximum Gasteiger partial charge on any atom is 0.325 e. The summed E-state index contributed by atoms with van der Waals surface area (Å²) < 4.78 is 4.33. The number of carboxylic acid groups (broad SMARTS) is 1. The molecule has 2 unspecified atom stereocenters. The van der Waals surface area contributed by atoms with E-state index >= 15 is 0 Å². The Labute approximate surface area is 68.1 Å². The number of hydrogen-bond acceptors (Lipinski definition) is 3. The van der Waals surface area contributed by atoms with Crippen LogP contribution in [0.15, 0.2) is 0 Å². The first-order chi connectivity index (χ1) is 5.02. The molecule has 0 saturated heterocycles. The number of alkyl halides is 1. The van der Waals surface area contributed by atoms with E-state index in [0.717, 1.165) is 0 Å². The van der Waals surface area contributed by atoms with Gasteiger partial charge in [0, 0.05) is 0 Å². The molecule has 0 amide bonds. The number of methoxy groups -OCH3 is 1. The third-order valence-electron chi connectivity index (χ3n) is 1.73. The van der Waals surface area contributed by atoms with Gasteiger partial charge in [-0.25, -0.2) is 0 Å². The largest absolute Gasteiger partial charge is 0.480 e. The van der Waals surface area contributed by atoms with Crippen molar-refractivity contribution in [2.24, 2.45) is 5.92 Å². The summed E-state index contributed by atoms with van der Waals surface area (Å²) in [6.45, 7) is 0. The van der Waals surface area contributed by atoms with Crippen molar-refractivity contribution >= 4 is 23.5 Å². The number of esters is 1. The minimum atomic E-state index is -1.40. The second kappa shape index (κ2) is 2.37. The van der Waals surface area contributed by atoms with Gasteiger partial charge in [-0.05, 0) is 6.42 Å². The second-order valence-electron chi connectivity index (χ2n) is 2.45. The molecule has 0 aromatic heterocycles. The Balaban J connectivity index is 2.60. The Hall–Kier alpha value is -0.770.